The smallest absolute Gasteiger partial charge is 0.204 e. The van der Waals surface area contributed by atoms with Crippen molar-refractivity contribution in [3.8, 4) is 5.75 Å². The first-order valence-corrected chi connectivity index (χ1v) is 9.79. The van der Waals surface area contributed by atoms with Crippen molar-refractivity contribution in [1.82, 2.24) is 0 Å². The van der Waals surface area contributed by atoms with Crippen molar-refractivity contribution in [1.29, 1.82) is 0 Å². The van der Waals surface area contributed by atoms with Crippen LogP contribution in [0.5, 0.6) is 5.75 Å². The highest BCUT2D eigenvalue weighted by atomic mass is 16.7. The lowest BCUT2D eigenvalue weighted by Gasteiger charge is -2.35. The van der Waals surface area contributed by atoms with Gasteiger partial charge in [-0.05, 0) is 67.6 Å². The number of hydrogen-bond acceptors (Lipinski definition) is 2. The Hall–Kier alpha value is -1.02. The van der Waals surface area contributed by atoms with Gasteiger partial charge < -0.3 is 9.47 Å². The topological polar surface area (TPSA) is 18.5 Å². The first-order valence-electron chi connectivity index (χ1n) is 9.79. The van der Waals surface area contributed by atoms with Crippen molar-refractivity contribution in [2.24, 2.45) is 17.3 Å². The normalized spacial score (nSPS) is 28.8. The van der Waals surface area contributed by atoms with E-state index in [9.17, 15) is 0 Å². The molecule has 24 heavy (non-hydrogen) atoms. The molecule has 0 heterocycles. The fourth-order valence-electron chi connectivity index (χ4n) is 4.15. The summed E-state index contributed by atoms with van der Waals surface area (Å²) >= 11 is 0. The lowest BCUT2D eigenvalue weighted by atomic mass is 9.94. The van der Waals surface area contributed by atoms with Gasteiger partial charge >= 0.3 is 0 Å². The van der Waals surface area contributed by atoms with Gasteiger partial charge in [0.2, 0.25) is 6.29 Å². The van der Waals surface area contributed by atoms with Crippen LogP contribution in [-0.2, 0) is 4.74 Å². The third kappa shape index (κ3) is 3.96. The summed E-state index contributed by atoms with van der Waals surface area (Å²) in [5.74, 6) is 3.18. The molecule has 2 nitrogen and oxygen atoms in total. The number of benzene rings is 1. The van der Waals surface area contributed by atoms with E-state index in [0.717, 1.165) is 24.0 Å². The van der Waals surface area contributed by atoms with Gasteiger partial charge in [-0.1, -0.05) is 46.8 Å². The summed E-state index contributed by atoms with van der Waals surface area (Å²) in [4.78, 5) is 0. The van der Waals surface area contributed by atoms with Crippen LogP contribution in [0, 0.1) is 17.3 Å². The minimum absolute atomic E-state index is 0.0305. The van der Waals surface area contributed by atoms with Crippen LogP contribution in [0.2, 0.25) is 0 Å². The van der Waals surface area contributed by atoms with E-state index in [2.05, 4.69) is 58.9 Å². The van der Waals surface area contributed by atoms with Gasteiger partial charge in [0.05, 0.1) is 6.10 Å². The largest absolute Gasteiger partial charge is 0.464 e. The number of rotatable bonds is 6. The van der Waals surface area contributed by atoms with Gasteiger partial charge in [-0.25, -0.2) is 0 Å². The van der Waals surface area contributed by atoms with E-state index in [0.29, 0.717) is 12.0 Å². The first kappa shape index (κ1) is 17.8. The summed E-state index contributed by atoms with van der Waals surface area (Å²) in [6, 6.07) is 8.59. The summed E-state index contributed by atoms with van der Waals surface area (Å²) in [5.41, 5.74) is 1.35. The maximum Gasteiger partial charge on any atom is 0.204 e. The molecule has 0 saturated heterocycles. The van der Waals surface area contributed by atoms with Crippen LogP contribution in [-0.4, -0.2) is 12.4 Å². The van der Waals surface area contributed by atoms with Crippen molar-refractivity contribution >= 4 is 0 Å². The zero-order valence-electron chi connectivity index (χ0n) is 16.0. The molecule has 134 valence electrons. The second-order valence-corrected chi connectivity index (χ2v) is 9.04. The fraction of sp³-hybridized carbons (Fsp3) is 0.727. The van der Waals surface area contributed by atoms with E-state index in [1.165, 1.54) is 31.2 Å². The molecular weight excluding hydrogens is 296 g/mol. The van der Waals surface area contributed by atoms with E-state index in [1.807, 2.05) is 0 Å². The molecule has 5 atom stereocenters. The van der Waals surface area contributed by atoms with Gasteiger partial charge in [0, 0.05) is 5.41 Å². The lowest BCUT2D eigenvalue weighted by Crippen LogP contribution is -2.39. The molecule has 1 aromatic rings. The molecule has 2 fully saturated rings. The van der Waals surface area contributed by atoms with Crippen molar-refractivity contribution < 1.29 is 9.47 Å². The van der Waals surface area contributed by atoms with Gasteiger partial charge in [0.15, 0.2) is 0 Å². The van der Waals surface area contributed by atoms with Crippen LogP contribution < -0.4 is 4.74 Å². The van der Waals surface area contributed by atoms with Crippen LogP contribution in [0.15, 0.2) is 24.3 Å². The van der Waals surface area contributed by atoms with Crippen molar-refractivity contribution in [3.05, 3.63) is 29.8 Å². The quantitative estimate of drug-likeness (QED) is 0.582. The lowest BCUT2D eigenvalue weighted by molar-refractivity contribution is -0.181. The summed E-state index contributed by atoms with van der Waals surface area (Å²) in [6.07, 6.45) is 6.72. The third-order valence-corrected chi connectivity index (χ3v) is 5.98. The Morgan fingerprint density at radius 3 is 2.29 bits per heavy atom. The summed E-state index contributed by atoms with van der Waals surface area (Å²) in [6.45, 7) is 11.1. The molecule has 0 aliphatic heterocycles. The Bertz CT molecular complexity index is 528. The monoisotopic (exact) mass is 330 g/mol. The predicted molar refractivity (Wildman–Crippen MR) is 99.3 cm³/mol. The molecule has 0 spiro atoms. The highest BCUT2D eigenvalue weighted by molar-refractivity contribution is 5.29. The number of hydrogen-bond donors (Lipinski definition) is 0. The highest BCUT2D eigenvalue weighted by Crippen LogP contribution is 2.47. The number of ether oxygens (including phenoxy) is 2. The molecule has 0 aromatic heterocycles. The Kier molecular flexibility index (Phi) is 5.24. The zero-order chi connectivity index (χ0) is 17.3. The van der Waals surface area contributed by atoms with Gasteiger partial charge in [-0.3, -0.25) is 0 Å². The van der Waals surface area contributed by atoms with E-state index in [-0.39, 0.29) is 11.7 Å². The van der Waals surface area contributed by atoms with Crippen LogP contribution in [0.1, 0.15) is 78.2 Å². The zero-order valence-corrected chi connectivity index (χ0v) is 16.0. The molecule has 2 heteroatoms. The molecule has 0 radical (unpaired) electrons. The standard InChI is InChI=1S/C22H34O2/c1-6-15(2)17-9-11-19(12-10-17)23-21(22(3,4)5)24-20-14-16-7-8-18(20)13-16/h9-12,15-16,18,20-21H,6-8,13-14H2,1-5H3. The van der Waals surface area contributed by atoms with Gasteiger partial charge in [0.25, 0.3) is 0 Å². The summed E-state index contributed by atoms with van der Waals surface area (Å²) in [5, 5.41) is 0. The fourth-order valence-corrected chi connectivity index (χ4v) is 4.15. The summed E-state index contributed by atoms with van der Waals surface area (Å²) in [7, 11) is 0. The van der Waals surface area contributed by atoms with Crippen LogP contribution in [0.4, 0.5) is 0 Å². The SMILES string of the molecule is CCC(C)c1ccc(OC(OC2CC3CCC2C3)C(C)(C)C)cc1. The minimum atomic E-state index is -0.184. The Morgan fingerprint density at radius 2 is 1.79 bits per heavy atom. The van der Waals surface area contributed by atoms with Crippen LogP contribution >= 0.6 is 0 Å². The van der Waals surface area contributed by atoms with Crippen molar-refractivity contribution in [2.45, 2.75) is 85.0 Å². The average Bonchev–Trinajstić information content (AvgIpc) is 3.16. The third-order valence-electron chi connectivity index (χ3n) is 5.98. The average molecular weight is 331 g/mol. The molecular formula is C22H34O2. The van der Waals surface area contributed by atoms with Gasteiger partial charge in [-0.15, -0.1) is 0 Å². The second kappa shape index (κ2) is 7.07. The van der Waals surface area contributed by atoms with Crippen molar-refractivity contribution in [3.63, 3.8) is 0 Å². The highest BCUT2D eigenvalue weighted by Gasteiger charge is 2.43. The van der Waals surface area contributed by atoms with E-state index in [1.54, 1.807) is 0 Å². The molecule has 0 N–H and O–H groups in total. The Labute approximate surface area is 147 Å². The van der Waals surface area contributed by atoms with Crippen LogP contribution in [0.25, 0.3) is 0 Å². The molecule has 3 rings (SSSR count). The maximum absolute atomic E-state index is 6.49. The van der Waals surface area contributed by atoms with Gasteiger partial charge in [-0.2, -0.15) is 0 Å². The minimum Gasteiger partial charge on any atom is -0.464 e. The van der Waals surface area contributed by atoms with E-state index < -0.39 is 0 Å². The first-order chi connectivity index (χ1) is 11.4. The molecule has 0 amide bonds. The van der Waals surface area contributed by atoms with E-state index in [4.69, 9.17) is 9.47 Å². The van der Waals surface area contributed by atoms with Crippen molar-refractivity contribution in [2.75, 3.05) is 0 Å². The molecule has 2 saturated carbocycles. The molecule has 2 aliphatic carbocycles. The number of fused-ring (bicyclic) bond motifs is 2. The second-order valence-electron chi connectivity index (χ2n) is 9.04. The maximum atomic E-state index is 6.49. The Morgan fingerprint density at radius 1 is 1.08 bits per heavy atom. The Balaban J connectivity index is 1.66. The van der Waals surface area contributed by atoms with Crippen LogP contribution in [0.3, 0.4) is 0 Å². The molecule has 2 bridgehead atoms. The van der Waals surface area contributed by atoms with Gasteiger partial charge in [0.1, 0.15) is 5.75 Å². The molecule has 5 unspecified atom stereocenters. The molecule has 2 aliphatic rings. The summed E-state index contributed by atoms with van der Waals surface area (Å²) < 4.78 is 12.8. The van der Waals surface area contributed by atoms with E-state index >= 15 is 0 Å². The predicted octanol–water partition coefficient (Wildman–Crippen LogP) is 6.16. The molecule has 1 aromatic carbocycles.